The Hall–Kier alpha value is -1.45. The molecule has 2 rings (SSSR count). The van der Waals surface area contributed by atoms with Crippen LogP contribution >= 0.6 is 0 Å². The van der Waals surface area contributed by atoms with Crippen molar-refractivity contribution in [2.45, 2.75) is 39.2 Å². The number of amides is 1. The molecule has 0 N–H and O–H groups in total. The van der Waals surface area contributed by atoms with Crippen molar-refractivity contribution in [3.05, 3.63) is 24.3 Å². The van der Waals surface area contributed by atoms with Gasteiger partial charge in [0.15, 0.2) is 0 Å². The smallest absolute Gasteiger partial charge is 0.225 e. The molecule has 92 valence electrons. The summed E-state index contributed by atoms with van der Waals surface area (Å²) in [6, 6.07) is 0.118. The highest BCUT2D eigenvalue weighted by atomic mass is 16.2. The fourth-order valence-corrected chi connectivity index (χ4v) is 2.32. The molecular formula is C13H19N3O. The lowest BCUT2D eigenvalue weighted by Gasteiger charge is -2.36. The van der Waals surface area contributed by atoms with Gasteiger partial charge in [-0.1, -0.05) is 13.8 Å². The lowest BCUT2D eigenvalue weighted by molar-refractivity contribution is -0.138. The molecule has 17 heavy (non-hydrogen) atoms. The van der Waals surface area contributed by atoms with Crippen molar-refractivity contribution >= 4 is 5.91 Å². The summed E-state index contributed by atoms with van der Waals surface area (Å²) < 4.78 is 0. The molecule has 4 heteroatoms. The van der Waals surface area contributed by atoms with Gasteiger partial charge in [0, 0.05) is 24.9 Å². The van der Waals surface area contributed by atoms with Crippen LogP contribution in [0.4, 0.5) is 0 Å². The highest BCUT2D eigenvalue weighted by Gasteiger charge is 2.29. The summed E-state index contributed by atoms with van der Waals surface area (Å²) in [5.41, 5.74) is 0.918. The zero-order valence-corrected chi connectivity index (χ0v) is 10.5. The van der Waals surface area contributed by atoms with Gasteiger partial charge >= 0.3 is 0 Å². The van der Waals surface area contributed by atoms with Gasteiger partial charge in [0.25, 0.3) is 0 Å². The number of piperidine rings is 1. The molecule has 0 aliphatic carbocycles. The molecule has 1 atom stereocenters. The summed E-state index contributed by atoms with van der Waals surface area (Å²) in [5.74, 6) is 0.271. The Morgan fingerprint density at radius 3 is 2.88 bits per heavy atom. The van der Waals surface area contributed by atoms with Crippen LogP contribution in [-0.2, 0) is 4.79 Å². The second kappa shape index (κ2) is 5.25. The van der Waals surface area contributed by atoms with Gasteiger partial charge in [-0.25, -0.2) is 0 Å². The highest BCUT2D eigenvalue weighted by molar-refractivity contribution is 5.78. The molecule has 1 saturated heterocycles. The predicted octanol–water partition coefficient (Wildman–Crippen LogP) is 2.19. The maximum absolute atomic E-state index is 12.2. The van der Waals surface area contributed by atoms with Crippen LogP contribution in [-0.4, -0.2) is 27.3 Å². The van der Waals surface area contributed by atoms with E-state index in [4.69, 9.17) is 0 Å². The molecular weight excluding hydrogens is 214 g/mol. The van der Waals surface area contributed by atoms with E-state index < -0.39 is 0 Å². The normalized spacial score (nSPS) is 20.6. The maximum atomic E-state index is 12.2. The minimum absolute atomic E-state index is 0.0484. The fraction of sp³-hybridized carbons (Fsp3) is 0.615. The van der Waals surface area contributed by atoms with E-state index in [1.54, 1.807) is 18.6 Å². The minimum Gasteiger partial charge on any atom is -0.334 e. The van der Waals surface area contributed by atoms with Crippen LogP contribution in [0, 0.1) is 5.92 Å². The molecule has 1 fully saturated rings. The molecule has 1 aliphatic rings. The van der Waals surface area contributed by atoms with Crippen LogP contribution in [0.2, 0.25) is 0 Å². The summed E-state index contributed by atoms with van der Waals surface area (Å²) >= 11 is 0. The Morgan fingerprint density at radius 2 is 2.24 bits per heavy atom. The second-order valence-electron chi connectivity index (χ2n) is 4.83. The van der Waals surface area contributed by atoms with Crippen LogP contribution in [0.3, 0.4) is 0 Å². The monoisotopic (exact) mass is 233 g/mol. The highest BCUT2D eigenvalue weighted by Crippen LogP contribution is 2.30. The van der Waals surface area contributed by atoms with Crippen molar-refractivity contribution in [3.63, 3.8) is 0 Å². The van der Waals surface area contributed by atoms with Crippen molar-refractivity contribution < 1.29 is 4.79 Å². The van der Waals surface area contributed by atoms with Crippen LogP contribution in [0.15, 0.2) is 18.6 Å². The first-order valence-corrected chi connectivity index (χ1v) is 6.26. The second-order valence-corrected chi connectivity index (χ2v) is 4.83. The average molecular weight is 233 g/mol. The van der Waals surface area contributed by atoms with Crippen LogP contribution < -0.4 is 0 Å². The summed E-state index contributed by atoms with van der Waals surface area (Å²) in [6.45, 7) is 4.74. The van der Waals surface area contributed by atoms with E-state index in [9.17, 15) is 4.79 Å². The summed E-state index contributed by atoms with van der Waals surface area (Å²) in [5, 5.41) is 0. The summed E-state index contributed by atoms with van der Waals surface area (Å²) in [7, 11) is 0. The quantitative estimate of drug-likeness (QED) is 0.786. The van der Waals surface area contributed by atoms with E-state index in [0.717, 1.165) is 31.5 Å². The molecule has 0 aromatic carbocycles. The van der Waals surface area contributed by atoms with Crippen molar-refractivity contribution in [2.75, 3.05) is 6.54 Å². The third-order valence-corrected chi connectivity index (χ3v) is 3.20. The van der Waals surface area contributed by atoms with E-state index >= 15 is 0 Å². The SMILES string of the molecule is CC(C)C(=O)N1CCCC[C@H]1c1cnccn1. The molecule has 0 radical (unpaired) electrons. The maximum Gasteiger partial charge on any atom is 0.225 e. The fourth-order valence-electron chi connectivity index (χ4n) is 2.32. The zero-order chi connectivity index (χ0) is 12.3. The van der Waals surface area contributed by atoms with E-state index in [-0.39, 0.29) is 17.9 Å². The molecule has 1 aromatic rings. The van der Waals surface area contributed by atoms with Crippen molar-refractivity contribution in [2.24, 2.45) is 5.92 Å². The Labute approximate surface area is 102 Å². The summed E-state index contributed by atoms with van der Waals surface area (Å²) in [4.78, 5) is 22.6. The molecule has 0 saturated carbocycles. The van der Waals surface area contributed by atoms with E-state index in [2.05, 4.69) is 9.97 Å². The van der Waals surface area contributed by atoms with Gasteiger partial charge in [0.2, 0.25) is 5.91 Å². The number of hydrogen-bond donors (Lipinski definition) is 0. The van der Waals surface area contributed by atoms with Gasteiger partial charge < -0.3 is 4.90 Å². The number of carbonyl (C=O) groups excluding carboxylic acids is 1. The molecule has 1 amide bonds. The number of rotatable bonds is 2. The Balaban J connectivity index is 2.21. The molecule has 0 spiro atoms. The zero-order valence-electron chi connectivity index (χ0n) is 10.5. The van der Waals surface area contributed by atoms with Gasteiger partial charge in [-0.3, -0.25) is 14.8 Å². The summed E-state index contributed by atoms with van der Waals surface area (Å²) in [6.07, 6.45) is 8.38. The van der Waals surface area contributed by atoms with E-state index in [1.807, 2.05) is 18.7 Å². The van der Waals surface area contributed by atoms with Gasteiger partial charge in [0.05, 0.1) is 17.9 Å². The predicted molar refractivity (Wildman–Crippen MR) is 65.2 cm³/mol. The van der Waals surface area contributed by atoms with E-state index in [0.29, 0.717) is 0 Å². The Morgan fingerprint density at radius 1 is 1.41 bits per heavy atom. The molecule has 1 aliphatic heterocycles. The minimum atomic E-state index is 0.0484. The first-order chi connectivity index (χ1) is 8.20. The van der Waals surface area contributed by atoms with Crippen LogP contribution in [0.25, 0.3) is 0 Å². The van der Waals surface area contributed by atoms with Gasteiger partial charge in [-0.15, -0.1) is 0 Å². The number of likely N-dealkylation sites (tertiary alicyclic amines) is 1. The number of nitrogens with zero attached hydrogens (tertiary/aromatic N) is 3. The Bertz CT molecular complexity index is 378. The lowest BCUT2D eigenvalue weighted by Crippen LogP contribution is -2.41. The standard InChI is InChI=1S/C13H19N3O/c1-10(2)13(17)16-8-4-3-5-12(16)11-9-14-6-7-15-11/h6-7,9-10,12H,3-5,8H2,1-2H3/t12-/m0/s1. The largest absolute Gasteiger partial charge is 0.334 e. The molecule has 4 nitrogen and oxygen atoms in total. The third kappa shape index (κ3) is 2.62. The van der Waals surface area contributed by atoms with Gasteiger partial charge in [-0.2, -0.15) is 0 Å². The average Bonchev–Trinajstić information content (AvgIpc) is 2.39. The number of hydrogen-bond acceptors (Lipinski definition) is 3. The molecule has 2 heterocycles. The van der Waals surface area contributed by atoms with Gasteiger partial charge in [0.1, 0.15) is 0 Å². The number of carbonyl (C=O) groups is 1. The van der Waals surface area contributed by atoms with Crippen LogP contribution in [0.1, 0.15) is 44.8 Å². The molecule has 0 unspecified atom stereocenters. The van der Waals surface area contributed by atoms with Crippen LogP contribution in [0.5, 0.6) is 0 Å². The van der Waals surface area contributed by atoms with Gasteiger partial charge in [-0.05, 0) is 19.3 Å². The molecule has 1 aromatic heterocycles. The Kier molecular flexibility index (Phi) is 3.71. The lowest BCUT2D eigenvalue weighted by atomic mass is 9.98. The third-order valence-electron chi connectivity index (χ3n) is 3.20. The topological polar surface area (TPSA) is 46.1 Å². The van der Waals surface area contributed by atoms with Crippen molar-refractivity contribution in [1.82, 2.24) is 14.9 Å². The number of aromatic nitrogens is 2. The first kappa shape index (κ1) is 12.0. The van der Waals surface area contributed by atoms with Crippen molar-refractivity contribution in [3.8, 4) is 0 Å². The van der Waals surface area contributed by atoms with E-state index in [1.165, 1.54) is 0 Å². The molecule has 0 bridgehead atoms. The van der Waals surface area contributed by atoms with Crippen molar-refractivity contribution in [1.29, 1.82) is 0 Å². The first-order valence-electron chi connectivity index (χ1n) is 6.26.